The van der Waals surface area contributed by atoms with E-state index in [4.69, 9.17) is 4.74 Å². The van der Waals surface area contributed by atoms with Crippen molar-refractivity contribution in [2.45, 2.75) is 57.7 Å². The molecule has 120 valence electrons. The number of rotatable bonds is 5. The van der Waals surface area contributed by atoms with Crippen LogP contribution in [0.2, 0.25) is 0 Å². The number of ether oxygens (including phenoxy) is 1. The normalized spacial score (nSPS) is 25.9. The van der Waals surface area contributed by atoms with E-state index in [1.807, 2.05) is 6.92 Å². The molecule has 2 aliphatic carbocycles. The first-order valence-electron chi connectivity index (χ1n) is 8.22. The SMILES string of the molecule is CCO[C@H]1C[C@@H](NC(=O)Cn2ccccc2=O)C12CCCC2. The minimum atomic E-state index is -0.144. The van der Waals surface area contributed by atoms with E-state index < -0.39 is 0 Å². The minimum Gasteiger partial charge on any atom is -0.378 e. The maximum atomic E-state index is 12.3. The summed E-state index contributed by atoms with van der Waals surface area (Å²) in [5.74, 6) is -0.0838. The van der Waals surface area contributed by atoms with Crippen LogP contribution in [0.25, 0.3) is 0 Å². The zero-order valence-corrected chi connectivity index (χ0v) is 13.1. The third kappa shape index (κ3) is 2.70. The van der Waals surface area contributed by atoms with Gasteiger partial charge in [-0.15, -0.1) is 0 Å². The van der Waals surface area contributed by atoms with Crippen LogP contribution >= 0.6 is 0 Å². The zero-order valence-electron chi connectivity index (χ0n) is 13.1. The molecule has 0 unspecified atom stereocenters. The highest BCUT2D eigenvalue weighted by Gasteiger charge is 2.57. The van der Waals surface area contributed by atoms with Gasteiger partial charge >= 0.3 is 0 Å². The molecule has 5 heteroatoms. The van der Waals surface area contributed by atoms with Crippen LogP contribution in [0, 0.1) is 5.41 Å². The largest absolute Gasteiger partial charge is 0.378 e. The molecule has 1 N–H and O–H groups in total. The lowest BCUT2D eigenvalue weighted by Gasteiger charge is -2.54. The molecule has 1 spiro atoms. The van der Waals surface area contributed by atoms with Gasteiger partial charge in [-0.2, -0.15) is 0 Å². The number of amides is 1. The van der Waals surface area contributed by atoms with Gasteiger partial charge in [0, 0.05) is 30.3 Å². The first-order valence-corrected chi connectivity index (χ1v) is 8.22. The maximum absolute atomic E-state index is 12.3. The molecule has 0 saturated heterocycles. The number of pyridine rings is 1. The van der Waals surface area contributed by atoms with Gasteiger partial charge in [0.25, 0.3) is 5.56 Å². The first-order chi connectivity index (χ1) is 10.7. The van der Waals surface area contributed by atoms with E-state index in [0.29, 0.717) is 0 Å². The van der Waals surface area contributed by atoms with Crippen LogP contribution in [0.3, 0.4) is 0 Å². The number of carbonyl (C=O) groups excluding carboxylic acids is 1. The van der Waals surface area contributed by atoms with Crippen LogP contribution in [0.1, 0.15) is 39.0 Å². The van der Waals surface area contributed by atoms with E-state index in [-0.39, 0.29) is 35.6 Å². The number of hydrogen-bond donors (Lipinski definition) is 1. The van der Waals surface area contributed by atoms with Gasteiger partial charge in [-0.3, -0.25) is 9.59 Å². The van der Waals surface area contributed by atoms with Crippen LogP contribution in [0.4, 0.5) is 0 Å². The highest BCUT2D eigenvalue weighted by Crippen LogP contribution is 2.54. The van der Waals surface area contributed by atoms with E-state index >= 15 is 0 Å². The molecule has 0 aliphatic heterocycles. The fourth-order valence-electron chi connectivity index (χ4n) is 4.07. The summed E-state index contributed by atoms with van der Waals surface area (Å²) in [5, 5.41) is 3.13. The van der Waals surface area contributed by atoms with Gasteiger partial charge in [-0.05, 0) is 32.3 Å². The summed E-state index contributed by atoms with van der Waals surface area (Å²) in [6.45, 7) is 2.84. The molecule has 2 aliphatic rings. The lowest BCUT2D eigenvalue weighted by atomic mass is 9.60. The Labute approximate surface area is 130 Å². The summed E-state index contributed by atoms with van der Waals surface area (Å²) in [5.41, 5.74) is -0.0122. The molecule has 22 heavy (non-hydrogen) atoms. The summed E-state index contributed by atoms with van der Waals surface area (Å²) < 4.78 is 7.30. The average molecular weight is 304 g/mol. The van der Waals surface area contributed by atoms with Crippen molar-refractivity contribution < 1.29 is 9.53 Å². The molecule has 0 radical (unpaired) electrons. The van der Waals surface area contributed by atoms with Crippen LogP contribution < -0.4 is 10.9 Å². The van der Waals surface area contributed by atoms with Gasteiger partial charge in [0.05, 0.1) is 6.10 Å². The quantitative estimate of drug-likeness (QED) is 0.901. The van der Waals surface area contributed by atoms with Crippen molar-refractivity contribution in [1.82, 2.24) is 9.88 Å². The lowest BCUT2D eigenvalue weighted by molar-refractivity contribution is -0.144. The second-order valence-electron chi connectivity index (χ2n) is 6.41. The van der Waals surface area contributed by atoms with Gasteiger partial charge in [-0.1, -0.05) is 18.9 Å². The van der Waals surface area contributed by atoms with E-state index in [1.54, 1.807) is 18.3 Å². The summed E-state index contributed by atoms with van der Waals surface area (Å²) in [4.78, 5) is 23.9. The summed E-state index contributed by atoms with van der Waals surface area (Å²) in [6.07, 6.45) is 7.52. The molecule has 3 rings (SSSR count). The number of carbonyl (C=O) groups is 1. The lowest BCUT2D eigenvalue weighted by Crippen LogP contribution is -2.64. The monoisotopic (exact) mass is 304 g/mol. The Morgan fingerprint density at radius 1 is 1.41 bits per heavy atom. The van der Waals surface area contributed by atoms with Crippen LogP contribution in [-0.4, -0.2) is 29.2 Å². The van der Waals surface area contributed by atoms with Crippen LogP contribution in [-0.2, 0) is 16.1 Å². The van der Waals surface area contributed by atoms with Crippen LogP contribution in [0.5, 0.6) is 0 Å². The van der Waals surface area contributed by atoms with Gasteiger partial charge in [0.2, 0.25) is 5.91 Å². The predicted molar refractivity (Wildman–Crippen MR) is 83.6 cm³/mol. The molecular formula is C17H24N2O3. The molecule has 2 saturated carbocycles. The summed E-state index contributed by atoms with van der Waals surface area (Å²) in [6, 6.07) is 5.11. The number of hydrogen-bond acceptors (Lipinski definition) is 3. The highest BCUT2D eigenvalue weighted by molar-refractivity contribution is 5.76. The molecule has 1 aromatic rings. The van der Waals surface area contributed by atoms with Crippen molar-refractivity contribution in [3.63, 3.8) is 0 Å². The van der Waals surface area contributed by atoms with Crippen molar-refractivity contribution in [1.29, 1.82) is 0 Å². The predicted octanol–water partition coefficient (Wildman–Crippen LogP) is 1.70. The van der Waals surface area contributed by atoms with E-state index in [1.165, 1.54) is 23.5 Å². The fraction of sp³-hybridized carbons (Fsp3) is 0.647. The van der Waals surface area contributed by atoms with Crippen molar-refractivity contribution in [3.8, 4) is 0 Å². The Bertz CT molecular complexity index is 590. The highest BCUT2D eigenvalue weighted by atomic mass is 16.5. The zero-order chi connectivity index (χ0) is 15.6. The standard InChI is InChI=1S/C17H24N2O3/c1-2-22-14-11-13(17(14)8-4-5-9-17)18-15(20)12-19-10-6-3-7-16(19)21/h3,6-7,10,13-14H,2,4-5,8-9,11-12H2,1H3,(H,18,20)/t13-,14+/m1/s1. The number of aromatic nitrogens is 1. The first kappa shape index (κ1) is 15.3. The summed E-state index contributed by atoms with van der Waals surface area (Å²) >= 11 is 0. The third-order valence-corrected chi connectivity index (χ3v) is 5.24. The van der Waals surface area contributed by atoms with Gasteiger partial charge in [-0.25, -0.2) is 0 Å². The number of nitrogens with zero attached hydrogens (tertiary/aromatic N) is 1. The Hall–Kier alpha value is -1.62. The fourth-order valence-corrected chi connectivity index (χ4v) is 4.07. The smallest absolute Gasteiger partial charge is 0.250 e. The average Bonchev–Trinajstić information content (AvgIpc) is 3.01. The van der Waals surface area contributed by atoms with E-state index in [0.717, 1.165) is 25.9 Å². The Morgan fingerprint density at radius 2 is 2.18 bits per heavy atom. The summed E-state index contributed by atoms with van der Waals surface area (Å²) in [7, 11) is 0. The molecule has 5 nitrogen and oxygen atoms in total. The third-order valence-electron chi connectivity index (χ3n) is 5.24. The van der Waals surface area contributed by atoms with Crippen molar-refractivity contribution >= 4 is 5.91 Å². The Morgan fingerprint density at radius 3 is 2.86 bits per heavy atom. The molecule has 0 aromatic carbocycles. The molecule has 1 amide bonds. The maximum Gasteiger partial charge on any atom is 0.250 e. The van der Waals surface area contributed by atoms with Crippen molar-refractivity contribution in [3.05, 3.63) is 34.7 Å². The number of nitrogens with one attached hydrogen (secondary N) is 1. The van der Waals surface area contributed by atoms with Crippen LogP contribution in [0.15, 0.2) is 29.2 Å². The molecule has 1 heterocycles. The topological polar surface area (TPSA) is 60.3 Å². The van der Waals surface area contributed by atoms with Gasteiger partial charge in [0.1, 0.15) is 6.54 Å². The second-order valence-corrected chi connectivity index (χ2v) is 6.41. The van der Waals surface area contributed by atoms with E-state index in [2.05, 4.69) is 5.32 Å². The molecule has 2 fully saturated rings. The van der Waals surface area contributed by atoms with E-state index in [9.17, 15) is 9.59 Å². The molecular weight excluding hydrogens is 280 g/mol. The second kappa shape index (κ2) is 6.24. The van der Waals surface area contributed by atoms with Gasteiger partial charge in [0.15, 0.2) is 0 Å². The Kier molecular flexibility index (Phi) is 4.34. The van der Waals surface area contributed by atoms with Crippen molar-refractivity contribution in [2.24, 2.45) is 5.41 Å². The minimum absolute atomic E-state index is 0.0838. The van der Waals surface area contributed by atoms with Crippen molar-refractivity contribution in [2.75, 3.05) is 6.61 Å². The van der Waals surface area contributed by atoms with Gasteiger partial charge < -0.3 is 14.6 Å². The molecule has 2 atom stereocenters. The molecule has 0 bridgehead atoms. The molecule has 1 aromatic heterocycles. The Balaban J connectivity index is 1.62.